The van der Waals surface area contributed by atoms with Crippen LogP contribution in [-0.4, -0.2) is 39.1 Å². The Labute approximate surface area is 166 Å². The number of nitrogens with zero attached hydrogens (tertiary/aromatic N) is 3. The Hall–Kier alpha value is -3.55. The second-order valence-corrected chi connectivity index (χ2v) is 7.48. The van der Waals surface area contributed by atoms with E-state index in [9.17, 15) is 14.4 Å². The fourth-order valence-electron chi connectivity index (χ4n) is 4.53. The Morgan fingerprint density at radius 1 is 1.07 bits per heavy atom. The van der Waals surface area contributed by atoms with Crippen LogP contribution in [0.15, 0.2) is 55.0 Å². The van der Waals surface area contributed by atoms with Crippen molar-refractivity contribution in [3.63, 3.8) is 0 Å². The average Bonchev–Trinajstić information content (AvgIpc) is 3.40. The van der Waals surface area contributed by atoms with Gasteiger partial charge in [0.1, 0.15) is 12.3 Å². The monoisotopic (exact) mass is 390 g/mol. The lowest BCUT2D eigenvalue weighted by molar-refractivity contribution is -0.143. The van der Waals surface area contributed by atoms with Crippen LogP contribution >= 0.6 is 0 Å². The summed E-state index contributed by atoms with van der Waals surface area (Å²) in [5.74, 6) is -0.249. The highest BCUT2D eigenvalue weighted by molar-refractivity contribution is 6.09. The summed E-state index contributed by atoms with van der Waals surface area (Å²) in [6.45, 7) is -0.262. The van der Waals surface area contributed by atoms with Crippen molar-refractivity contribution in [1.29, 1.82) is 0 Å². The molecule has 2 fully saturated rings. The summed E-state index contributed by atoms with van der Waals surface area (Å²) >= 11 is 0. The molecule has 2 aliphatic carbocycles. The Bertz CT molecular complexity index is 975. The first-order valence-corrected chi connectivity index (χ1v) is 9.47. The van der Waals surface area contributed by atoms with Gasteiger partial charge in [-0.15, -0.1) is 0 Å². The van der Waals surface area contributed by atoms with Crippen LogP contribution in [0.4, 0.5) is 5.69 Å². The molecule has 5 rings (SSSR count). The number of likely N-dealkylation sites (tertiary alicyclic amines) is 1. The van der Waals surface area contributed by atoms with Crippen molar-refractivity contribution in [3.05, 3.63) is 55.0 Å². The molecule has 0 spiro atoms. The van der Waals surface area contributed by atoms with Gasteiger partial charge in [0.25, 0.3) is 0 Å². The zero-order valence-corrected chi connectivity index (χ0v) is 15.4. The van der Waals surface area contributed by atoms with Crippen LogP contribution in [0.5, 0.6) is 11.6 Å². The number of fused-ring (bicyclic) bond motifs is 5. The standard InChI is InChI=1S/C21H18N4O4/c26-16(11-25-20(27)18-12-1-2-13(9-12)19(18)21(25)28)24-14-3-5-15(6-4-14)29-17-10-22-7-8-23-17/h1-8,10,12-13,18-19H,9,11H2,(H,24,26). The van der Waals surface area contributed by atoms with E-state index in [0.717, 1.165) is 11.3 Å². The number of carbonyl (C=O) groups excluding carboxylic acids is 3. The van der Waals surface area contributed by atoms with E-state index in [-0.39, 0.29) is 42.0 Å². The molecule has 3 amide bonds. The normalized spacial score (nSPS) is 26.7. The van der Waals surface area contributed by atoms with Gasteiger partial charge in [-0.2, -0.15) is 0 Å². The van der Waals surface area contributed by atoms with Crippen LogP contribution in [0.2, 0.25) is 0 Å². The van der Waals surface area contributed by atoms with Gasteiger partial charge in [-0.25, -0.2) is 4.98 Å². The van der Waals surface area contributed by atoms with Crippen molar-refractivity contribution < 1.29 is 19.1 Å². The van der Waals surface area contributed by atoms with Gasteiger partial charge in [0.2, 0.25) is 23.6 Å². The minimum atomic E-state index is -0.408. The van der Waals surface area contributed by atoms with E-state index < -0.39 is 5.91 Å². The largest absolute Gasteiger partial charge is 0.438 e. The van der Waals surface area contributed by atoms with Crippen LogP contribution in [0.1, 0.15) is 6.42 Å². The summed E-state index contributed by atoms with van der Waals surface area (Å²) in [7, 11) is 0. The minimum Gasteiger partial charge on any atom is -0.438 e. The fourth-order valence-corrected chi connectivity index (χ4v) is 4.53. The highest BCUT2D eigenvalue weighted by Gasteiger charge is 2.59. The van der Waals surface area contributed by atoms with E-state index in [1.807, 2.05) is 12.2 Å². The van der Waals surface area contributed by atoms with Gasteiger partial charge in [0, 0.05) is 18.1 Å². The lowest BCUT2D eigenvalue weighted by atomic mass is 9.85. The number of aromatic nitrogens is 2. The molecule has 29 heavy (non-hydrogen) atoms. The molecule has 4 unspecified atom stereocenters. The molecule has 1 aromatic heterocycles. The summed E-state index contributed by atoms with van der Waals surface area (Å²) < 4.78 is 5.55. The number of rotatable bonds is 5. The van der Waals surface area contributed by atoms with E-state index in [0.29, 0.717) is 17.3 Å². The van der Waals surface area contributed by atoms with E-state index in [1.165, 1.54) is 12.4 Å². The third-order valence-electron chi connectivity index (χ3n) is 5.76. The number of allylic oxidation sites excluding steroid dienone is 2. The maximum absolute atomic E-state index is 12.7. The Morgan fingerprint density at radius 3 is 2.38 bits per heavy atom. The predicted octanol–water partition coefficient (Wildman–Crippen LogP) is 2.01. The van der Waals surface area contributed by atoms with E-state index >= 15 is 0 Å². The van der Waals surface area contributed by atoms with E-state index in [1.54, 1.807) is 30.5 Å². The average molecular weight is 390 g/mol. The number of anilines is 1. The number of ether oxygens (including phenoxy) is 1. The number of imide groups is 1. The molecule has 2 bridgehead atoms. The smallest absolute Gasteiger partial charge is 0.244 e. The molecule has 1 aliphatic heterocycles. The number of benzene rings is 1. The van der Waals surface area contributed by atoms with Crippen molar-refractivity contribution in [2.75, 3.05) is 11.9 Å². The molecule has 0 radical (unpaired) electrons. The molecule has 1 saturated carbocycles. The van der Waals surface area contributed by atoms with E-state index in [2.05, 4.69) is 15.3 Å². The molecule has 4 atom stereocenters. The molecular formula is C21H18N4O4. The van der Waals surface area contributed by atoms with Crippen molar-refractivity contribution in [1.82, 2.24) is 14.9 Å². The lowest BCUT2D eigenvalue weighted by Crippen LogP contribution is -2.39. The van der Waals surface area contributed by atoms with Gasteiger partial charge in [0.15, 0.2) is 0 Å². The van der Waals surface area contributed by atoms with Crippen LogP contribution in [0, 0.1) is 23.7 Å². The van der Waals surface area contributed by atoms with Gasteiger partial charge < -0.3 is 10.1 Å². The van der Waals surface area contributed by atoms with Gasteiger partial charge >= 0.3 is 0 Å². The van der Waals surface area contributed by atoms with Crippen molar-refractivity contribution in [3.8, 4) is 11.6 Å². The first kappa shape index (κ1) is 17.5. The molecule has 1 aromatic carbocycles. The van der Waals surface area contributed by atoms with Crippen LogP contribution in [0.3, 0.4) is 0 Å². The Kier molecular flexibility index (Phi) is 4.12. The third kappa shape index (κ3) is 3.06. The zero-order valence-electron chi connectivity index (χ0n) is 15.4. The van der Waals surface area contributed by atoms with E-state index in [4.69, 9.17) is 4.74 Å². The molecule has 2 heterocycles. The number of carbonyl (C=O) groups is 3. The highest BCUT2D eigenvalue weighted by Crippen LogP contribution is 2.52. The molecule has 3 aliphatic rings. The summed E-state index contributed by atoms with van der Waals surface area (Å²) in [6, 6.07) is 6.72. The van der Waals surface area contributed by atoms with Gasteiger partial charge in [-0.1, -0.05) is 12.2 Å². The Balaban J connectivity index is 1.20. The summed E-state index contributed by atoms with van der Waals surface area (Å²) in [6.07, 6.45) is 9.51. The lowest BCUT2D eigenvalue weighted by Gasteiger charge is -2.16. The van der Waals surface area contributed by atoms with Crippen LogP contribution < -0.4 is 10.1 Å². The molecule has 2 aromatic rings. The fraction of sp³-hybridized carbons (Fsp3) is 0.286. The topological polar surface area (TPSA) is 101 Å². The van der Waals surface area contributed by atoms with Crippen molar-refractivity contribution in [2.24, 2.45) is 23.7 Å². The first-order valence-electron chi connectivity index (χ1n) is 9.47. The number of hydrogen-bond acceptors (Lipinski definition) is 6. The Morgan fingerprint density at radius 2 is 1.76 bits per heavy atom. The van der Waals surface area contributed by atoms with Gasteiger partial charge in [-0.3, -0.25) is 24.3 Å². The molecule has 1 saturated heterocycles. The summed E-state index contributed by atoms with van der Waals surface area (Å²) in [5.41, 5.74) is 0.544. The molecule has 146 valence electrons. The third-order valence-corrected chi connectivity index (χ3v) is 5.76. The van der Waals surface area contributed by atoms with Gasteiger partial charge in [0.05, 0.1) is 18.0 Å². The number of amides is 3. The maximum Gasteiger partial charge on any atom is 0.244 e. The van der Waals surface area contributed by atoms with Crippen LogP contribution in [-0.2, 0) is 14.4 Å². The minimum absolute atomic E-state index is 0.136. The molecule has 8 nitrogen and oxygen atoms in total. The predicted molar refractivity (Wildman–Crippen MR) is 102 cm³/mol. The second-order valence-electron chi connectivity index (χ2n) is 7.48. The molecule has 1 N–H and O–H groups in total. The summed E-state index contributed by atoms with van der Waals surface area (Å²) in [4.78, 5) is 46.8. The van der Waals surface area contributed by atoms with Crippen LogP contribution in [0.25, 0.3) is 0 Å². The SMILES string of the molecule is O=C(CN1C(=O)C2C3C=CC(C3)C2C1=O)Nc1ccc(Oc2cnccn2)cc1. The highest BCUT2D eigenvalue weighted by atomic mass is 16.5. The number of nitrogens with one attached hydrogen (secondary N) is 1. The molecule has 8 heteroatoms. The number of hydrogen-bond donors (Lipinski definition) is 1. The maximum atomic E-state index is 12.7. The zero-order chi connectivity index (χ0) is 20.0. The molecular weight excluding hydrogens is 372 g/mol. The summed E-state index contributed by atoms with van der Waals surface area (Å²) in [5, 5.41) is 2.72. The first-order chi connectivity index (χ1) is 14.1. The second kappa shape index (κ2) is 6.80. The quantitative estimate of drug-likeness (QED) is 0.619. The van der Waals surface area contributed by atoms with Gasteiger partial charge in [-0.05, 0) is 42.5 Å². The van der Waals surface area contributed by atoms with Crippen molar-refractivity contribution in [2.45, 2.75) is 6.42 Å². The van der Waals surface area contributed by atoms with Crippen molar-refractivity contribution >= 4 is 23.4 Å².